The first-order chi connectivity index (χ1) is 8.48. The zero-order valence-electron chi connectivity index (χ0n) is 12.9. The van der Waals surface area contributed by atoms with Crippen molar-refractivity contribution in [3.63, 3.8) is 0 Å². The highest BCUT2D eigenvalue weighted by molar-refractivity contribution is 6.86. The first kappa shape index (κ1) is 14.9. The van der Waals surface area contributed by atoms with Gasteiger partial charge in [0.25, 0.3) is 0 Å². The number of rotatable bonds is 5. The van der Waals surface area contributed by atoms with Gasteiger partial charge in [-0.3, -0.25) is 0 Å². The van der Waals surface area contributed by atoms with Crippen molar-refractivity contribution in [2.75, 3.05) is 0 Å². The van der Waals surface area contributed by atoms with E-state index < -0.39 is 8.24 Å². The van der Waals surface area contributed by atoms with Crippen molar-refractivity contribution in [3.8, 4) is 0 Å². The van der Waals surface area contributed by atoms with Crippen molar-refractivity contribution < 1.29 is 0 Å². The Morgan fingerprint density at radius 1 is 1.06 bits per heavy atom. The molecule has 2 aliphatic heterocycles. The third kappa shape index (κ3) is 3.97. The third-order valence-electron chi connectivity index (χ3n) is 5.12. The van der Waals surface area contributed by atoms with Crippen LogP contribution in [-0.4, -0.2) is 23.9 Å². The summed E-state index contributed by atoms with van der Waals surface area (Å²) in [6.07, 6.45) is 9.05. The topological polar surface area (TPSA) is 12.0 Å². The minimum Gasteiger partial charge on any atom is -0.378 e. The largest absolute Gasteiger partial charge is 0.378 e. The summed E-state index contributed by atoms with van der Waals surface area (Å²) in [6, 6.07) is 3.02. The maximum Gasteiger partial charge on any atom is 0.220 e. The van der Waals surface area contributed by atoms with Crippen molar-refractivity contribution in [3.05, 3.63) is 0 Å². The summed E-state index contributed by atoms with van der Waals surface area (Å²) in [5, 5.41) is 0. The normalized spacial score (nSPS) is 28.8. The van der Waals surface area contributed by atoms with E-state index in [1.165, 1.54) is 50.6 Å². The molecule has 0 amide bonds. The van der Waals surface area contributed by atoms with Crippen LogP contribution < -0.4 is 4.89 Å². The predicted molar refractivity (Wildman–Crippen MR) is 88.7 cm³/mol. The van der Waals surface area contributed by atoms with Crippen molar-refractivity contribution in [1.29, 1.82) is 0 Å². The Morgan fingerprint density at radius 2 is 1.56 bits per heavy atom. The summed E-state index contributed by atoms with van der Waals surface area (Å²) in [4.78, 5) is 4.21. The summed E-state index contributed by atoms with van der Waals surface area (Å²) in [7, 11) is -1.17. The molecule has 1 radical (unpaired) electrons. The maximum absolute atomic E-state index is 4.21. The highest BCUT2D eigenvalue weighted by Gasteiger charge is 2.42. The molecule has 0 atom stereocenters. The van der Waals surface area contributed by atoms with Gasteiger partial charge < -0.3 is 4.89 Å². The summed E-state index contributed by atoms with van der Waals surface area (Å²) >= 11 is 0. The molecule has 4 heteroatoms. The van der Waals surface area contributed by atoms with Crippen molar-refractivity contribution in [2.45, 2.75) is 88.4 Å². The lowest BCUT2D eigenvalue weighted by molar-refractivity contribution is 0.439. The van der Waals surface area contributed by atoms with Crippen molar-refractivity contribution in [2.24, 2.45) is 0 Å². The fourth-order valence-electron chi connectivity index (χ4n) is 4.00. The van der Waals surface area contributed by atoms with Gasteiger partial charge >= 0.3 is 0 Å². The number of hydrogen-bond acceptors (Lipinski definition) is 1. The van der Waals surface area contributed by atoms with Gasteiger partial charge in [0.05, 0.1) is 0 Å². The summed E-state index contributed by atoms with van der Waals surface area (Å²) < 4.78 is 0. The van der Waals surface area contributed by atoms with Gasteiger partial charge in [0.1, 0.15) is 8.24 Å². The quantitative estimate of drug-likeness (QED) is 0.724. The molecule has 1 N–H and O–H groups in total. The van der Waals surface area contributed by atoms with Crippen molar-refractivity contribution >= 4 is 23.9 Å². The van der Waals surface area contributed by atoms with E-state index in [4.69, 9.17) is 0 Å². The second-order valence-corrected chi connectivity index (χ2v) is 15.1. The SMILES string of the molecule is C[Si](C)CC[Si](C)(C)NB1C2CCCC1CCC2. The second kappa shape index (κ2) is 6.27. The van der Waals surface area contributed by atoms with Gasteiger partial charge in [0.15, 0.2) is 0 Å². The molecule has 2 fully saturated rings. The Morgan fingerprint density at radius 3 is 2.00 bits per heavy atom. The van der Waals surface area contributed by atoms with Gasteiger partial charge in [-0.2, -0.15) is 0 Å². The molecule has 2 rings (SSSR count). The van der Waals surface area contributed by atoms with Crippen LogP contribution in [0.25, 0.3) is 0 Å². The van der Waals surface area contributed by atoms with E-state index in [1.54, 1.807) is 0 Å². The highest BCUT2D eigenvalue weighted by Crippen LogP contribution is 2.45. The molecule has 0 saturated carbocycles. The Labute approximate surface area is 117 Å². The first-order valence-corrected chi connectivity index (χ1v) is 14.0. The van der Waals surface area contributed by atoms with Crippen LogP contribution >= 0.6 is 0 Å². The van der Waals surface area contributed by atoms with E-state index in [0.717, 1.165) is 18.5 Å². The average molecular weight is 280 g/mol. The number of hydrogen-bond donors (Lipinski definition) is 1. The van der Waals surface area contributed by atoms with Crippen LogP contribution in [0.2, 0.25) is 49.9 Å². The average Bonchev–Trinajstić information content (AvgIpc) is 2.26. The number of nitrogens with one attached hydrogen (secondary N) is 1. The first-order valence-electron chi connectivity index (χ1n) is 8.05. The van der Waals surface area contributed by atoms with Crippen molar-refractivity contribution in [1.82, 2.24) is 4.89 Å². The van der Waals surface area contributed by atoms with Gasteiger partial charge in [-0.25, -0.2) is 0 Å². The van der Waals surface area contributed by atoms with Gasteiger partial charge in [0.2, 0.25) is 6.85 Å². The molecule has 0 spiro atoms. The molecular weight excluding hydrogens is 249 g/mol. The van der Waals surface area contributed by atoms with E-state index >= 15 is 0 Å². The molecule has 18 heavy (non-hydrogen) atoms. The van der Waals surface area contributed by atoms with Crippen LogP contribution in [0.15, 0.2) is 0 Å². The van der Waals surface area contributed by atoms with Gasteiger partial charge in [-0.15, -0.1) is 0 Å². The molecule has 103 valence electrons. The molecule has 2 aliphatic rings. The molecule has 0 aromatic heterocycles. The molecule has 2 heterocycles. The fourth-order valence-corrected chi connectivity index (χ4v) is 10.0. The van der Waals surface area contributed by atoms with Crippen LogP contribution in [-0.2, 0) is 0 Å². The Kier molecular flexibility index (Phi) is 5.18. The minimum atomic E-state index is -1.14. The van der Waals surface area contributed by atoms with Crippen LogP contribution in [0.3, 0.4) is 0 Å². The zero-order valence-corrected chi connectivity index (χ0v) is 14.9. The molecule has 1 nitrogen and oxygen atoms in total. The Hall–Kier alpha value is 0.459. The smallest absolute Gasteiger partial charge is 0.220 e. The molecule has 0 aliphatic carbocycles. The van der Waals surface area contributed by atoms with Crippen LogP contribution in [0.1, 0.15) is 38.5 Å². The molecular formula is C14H31BNSi2. The molecule has 2 saturated heterocycles. The Balaban J connectivity index is 1.90. The minimum absolute atomic E-state index is 0.0308. The van der Waals surface area contributed by atoms with E-state index in [9.17, 15) is 0 Å². The molecule has 0 aromatic rings. The summed E-state index contributed by atoms with van der Waals surface area (Å²) in [5.41, 5.74) is 0. The predicted octanol–water partition coefficient (Wildman–Crippen LogP) is 4.64. The third-order valence-corrected chi connectivity index (χ3v) is 9.49. The van der Waals surface area contributed by atoms with Gasteiger partial charge in [0, 0.05) is 8.80 Å². The van der Waals surface area contributed by atoms with Crippen LogP contribution in [0.5, 0.6) is 0 Å². The van der Waals surface area contributed by atoms with E-state index in [0.29, 0.717) is 0 Å². The summed E-state index contributed by atoms with van der Waals surface area (Å²) in [6.45, 7) is 11.0. The highest BCUT2D eigenvalue weighted by atomic mass is 28.3. The maximum atomic E-state index is 4.21. The summed E-state index contributed by atoms with van der Waals surface area (Å²) in [5.74, 6) is 2.05. The van der Waals surface area contributed by atoms with Gasteiger partial charge in [-0.1, -0.05) is 70.8 Å². The standard InChI is InChI=1S/C14H31BNSi2/c1-17(2)11-12-18(3,4)16-15-13-7-5-8-14(15)10-6-9-13/h13-14,16H,5-12H2,1-4H3. The van der Waals surface area contributed by atoms with E-state index in [1.807, 2.05) is 0 Å². The lowest BCUT2D eigenvalue weighted by atomic mass is 9.35. The lowest BCUT2D eigenvalue weighted by Crippen LogP contribution is -2.58. The van der Waals surface area contributed by atoms with E-state index in [2.05, 4.69) is 31.1 Å². The van der Waals surface area contributed by atoms with Gasteiger partial charge in [-0.05, 0) is 17.7 Å². The second-order valence-electron chi connectivity index (χ2n) is 7.64. The molecule has 2 bridgehead atoms. The molecule has 0 aromatic carbocycles. The lowest BCUT2D eigenvalue weighted by Gasteiger charge is -2.44. The van der Waals surface area contributed by atoms with E-state index in [-0.39, 0.29) is 8.80 Å². The molecule has 0 unspecified atom stereocenters. The monoisotopic (exact) mass is 280 g/mol. The van der Waals surface area contributed by atoms with Crippen LogP contribution in [0, 0.1) is 0 Å². The Bertz CT molecular complexity index is 249. The number of fused-ring (bicyclic) bond motifs is 2. The fraction of sp³-hybridized carbons (Fsp3) is 1.00. The zero-order chi connectivity index (χ0) is 13.2. The van der Waals surface area contributed by atoms with Crippen LogP contribution in [0.4, 0.5) is 0 Å².